The molecule has 0 radical (unpaired) electrons. The van der Waals surface area contributed by atoms with Gasteiger partial charge in [0.1, 0.15) is 11.9 Å². The first-order valence-corrected chi connectivity index (χ1v) is 5.21. The first-order valence-electron chi connectivity index (χ1n) is 5.21. The van der Waals surface area contributed by atoms with Gasteiger partial charge in [0.05, 0.1) is 5.56 Å². The summed E-state index contributed by atoms with van der Waals surface area (Å²) in [6, 6.07) is 2.20. The number of hydrogen-bond donors (Lipinski definition) is 1. The van der Waals surface area contributed by atoms with Crippen molar-refractivity contribution in [2.24, 2.45) is 5.92 Å². The van der Waals surface area contributed by atoms with E-state index in [1.54, 1.807) is 0 Å². The summed E-state index contributed by atoms with van der Waals surface area (Å²) in [5, 5.41) is 9.22. The van der Waals surface area contributed by atoms with Gasteiger partial charge >= 0.3 is 0 Å². The molecule has 0 spiro atoms. The van der Waals surface area contributed by atoms with Crippen molar-refractivity contribution < 1.29 is 19.0 Å². The molecule has 1 aromatic rings. The SMILES string of the molecule is CC(C)C1CC(=O)c2cc(F)c(O)cc2O1. The van der Waals surface area contributed by atoms with Crippen LogP contribution in [0.5, 0.6) is 11.5 Å². The smallest absolute Gasteiger partial charge is 0.170 e. The van der Waals surface area contributed by atoms with Crippen LogP contribution >= 0.6 is 0 Å². The quantitative estimate of drug-likeness (QED) is 0.797. The van der Waals surface area contributed by atoms with Crippen molar-refractivity contribution in [3.05, 3.63) is 23.5 Å². The van der Waals surface area contributed by atoms with Crippen molar-refractivity contribution in [3.8, 4) is 11.5 Å². The van der Waals surface area contributed by atoms with Crippen LogP contribution in [0.25, 0.3) is 0 Å². The number of hydrogen-bond acceptors (Lipinski definition) is 3. The number of ketones is 1. The molecule has 1 heterocycles. The largest absolute Gasteiger partial charge is 0.505 e. The Balaban J connectivity index is 2.43. The molecule has 0 bridgehead atoms. The molecular weight excluding hydrogens is 211 g/mol. The minimum Gasteiger partial charge on any atom is -0.505 e. The molecular formula is C12H13FO3. The van der Waals surface area contributed by atoms with E-state index < -0.39 is 11.6 Å². The maximum absolute atomic E-state index is 13.1. The Morgan fingerprint density at radius 2 is 2.19 bits per heavy atom. The second-order valence-corrected chi connectivity index (χ2v) is 4.33. The lowest BCUT2D eigenvalue weighted by Crippen LogP contribution is -2.31. The maximum atomic E-state index is 13.1. The first kappa shape index (κ1) is 10.9. The molecule has 2 rings (SSSR count). The zero-order valence-corrected chi connectivity index (χ0v) is 9.16. The van der Waals surface area contributed by atoms with E-state index in [4.69, 9.17) is 4.74 Å². The lowest BCUT2D eigenvalue weighted by Gasteiger charge is -2.27. The summed E-state index contributed by atoms with van der Waals surface area (Å²) in [5.41, 5.74) is 0.215. The van der Waals surface area contributed by atoms with Crippen molar-refractivity contribution in [1.82, 2.24) is 0 Å². The fourth-order valence-corrected chi connectivity index (χ4v) is 1.73. The number of aromatic hydroxyl groups is 1. The van der Waals surface area contributed by atoms with E-state index >= 15 is 0 Å². The zero-order valence-electron chi connectivity index (χ0n) is 9.16. The third kappa shape index (κ3) is 1.75. The molecule has 16 heavy (non-hydrogen) atoms. The van der Waals surface area contributed by atoms with Crippen molar-refractivity contribution in [2.75, 3.05) is 0 Å². The highest BCUT2D eigenvalue weighted by Gasteiger charge is 2.29. The van der Waals surface area contributed by atoms with Gasteiger partial charge in [-0.3, -0.25) is 4.79 Å². The predicted octanol–water partition coefficient (Wildman–Crippen LogP) is 2.52. The van der Waals surface area contributed by atoms with E-state index in [1.807, 2.05) is 13.8 Å². The summed E-state index contributed by atoms with van der Waals surface area (Å²) in [6.45, 7) is 3.90. The van der Waals surface area contributed by atoms with Gasteiger partial charge in [-0.05, 0) is 12.0 Å². The Bertz CT molecular complexity index is 440. The molecule has 0 saturated heterocycles. The van der Waals surface area contributed by atoms with Gasteiger partial charge in [0, 0.05) is 12.5 Å². The molecule has 1 aliphatic rings. The number of phenolic OH excluding ortho intramolecular Hbond substituents is 1. The summed E-state index contributed by atoms with van der Waals surface area (Å²) in [6.07, 6.45) is 0.0550. The fraction of sp³-hybridized carbons (Fsp3) is 0.417. The molecule has 3 nitrogen and oxygen atoms in total. The van der Waals surface area contributed by atoms with Crippen LogP contribution in [0.15, 0.2) is 12.1 Å². The van der Waals surface area contributed by atoms with Crippen molar-refractivity contribution >= 4 is 5.78 Å². The molecule has 4 heteroatoms. The van der Waals surface area contributed by atoms with Crippen molar-refractivity contribution in [3.63, 3.8) is 0 Å². The van der Waals surface area contributed by atoms with Gasteiger partial charge in [-0.25, -0.2) is 4.39 Å². The average molecular weight is 224 g/mol. The second kappa shape index (κ2) is 3.77. The standard InChI is InChI=1S/C12H13FO3/c1-6(2)11-4-9(14)7-3-8(13)10(15)5-12(7)16-11/h3,5-6,11,15H,4H2,1-2H3. The van der Waals surface area contributed by atoms with E-state index in [0.717, 1.165) is 12.1 Å². The molecule has 1 unspecified atom stereocenters. The molecule has 1 atom stereocenters. The average Bonchev–Trinajstić information content (AvgIpc) is 2.20. The number of carbonyl (C=O) groups excluding carboxylic acids is 1. The van der Waals surface area contributed by atoms with Gasteiger partial charge in [-0.1, -0.05) is 13.8 Å². The van der Waals surface area contributed by atoms with E-state index in [9.17, 15) is 14.3 Å². The van der Waals surface area contributed by atoms with Crippen molar-refractivity contribution in [2.45, 2.75) is 26.4 Å². The highest BCUT2D eigenvalue weighted by Crippen LogP contribution is 2.34. The van der Waals surface area contributed by atoms with Crippen molar-refractivity contribution in [1.29, 1.82) is 0 Å². The molecule has 0 saturated carbocycles. The summed E-state index contributed by atoms with van der Waals surface area (Å²) >= 11 is 0. The minimum atomic E-state index is -0.793. The number of ether oxygens (including phenoxy) is 1. The van der Waals surface area contributed by atoms with Crippen LogP contribution in [0.3, 0.4) is 0 Å². The topological polar surface area (TPSA) is 46.5 Å². The Labute approximate surface area is 92.9 Å². The summed E-state index contributed by atoms with van der Waals surface area (Å²) < 4.78 is 18.6. The molecule has 1 aromatic carbocycles. The Kier molecular flexibility index (Phi) is 2.58. The number of rotatable bonds is 1. The number of halogens is 1. The molecule has 1 aliphatic heterocycles. The molecule has 0 aromatic heterocycles. The fourth-order valence-electron chi connectivity index (χ4n) is 1.73. The molecule has 86 valence electrons. The molecule has 0 fully saturated rings. The van der Waals surface area contributed by atoms with Gasteiger partial charge in [-0.15, -0.1) is 0 Å². The molecule has 0 amide bonds. The number of Topliss-reactive ketones (excluding diaryl/α,β-unsaturated/α-hetero) is 1. The van der Waals surface area contributed by atoms with Gasteiger partial charge in [0.15, 0.2) is 17.3 Å². The Morgan fingerprint density at radius 1 is 1.50 bits per heavy atom. The van der Waals surface area contributed by atoms with Crippen LogP contribution in [0.4, 0.5) is 4.39 Å². The Hall–Kier alpha value is -1.58. The van der Waals surface area contributed by atoms with E-state index in [0.29, 0.717) is 0 Å². The van der Waals surface area contributed by atoms with Gasteiger partial charge in [0.25, 0.3) is 0 Å². The maximum Gasteiger partial charge on any atom is 0.170 e. The predicted molar refractivity (Wildman–Crippen MR) is 56.3 cm³/mol. The minimum absolute atomic E-state index is 0.140. The third-order valence-corrected chi connectivity index (χ3v) is 2.76. The van der Waals surface area contributed by atoms with E-state index in [1.165, 1.54) is 0 Å². The Morgan fingerprint density at radius 3 is 2.81 bits per heavy atom. The van der Waals surface area contributed by atoms with Crippen LogP contribution in [0.1, 0.15) is 30.6 Å². The van der Waals surface area contributed by atoms with E-state index in [-0.39, 0.29) is 35.5 Å². The summed E-state index contributed by atoms with van der Waals surface area (Å²) in [5.74, 6) is -0.952. The summed E-state index contributed by atoms with van der Waals surface area (Å²) in [4.78, 5) is 11.7. The van der Waals surface area contributed by atoms with Crippen LogP contribution in [0, 0.1) is 11.7 Å². The van der Waals surface area contributed by atoms with Gasteiger partial charge < -0.3 is 9.84 Å². The normalized spacial score (nSPS) is 19.5. The van der Waals surface area contributed by atoms with Crippen LogP contribution < -0.4 is 4.74 Å². The molecule has 1 N–H and O–H groups in total. The lowest BCUT2D eigenvalue weighted by molar-refractivity contribution is 0.0770. The highest BCUT2D eigenvalue weighted by molar-refractivity contribution is 6.00. The monoisotopic (exact) mass is 224 g/mol. The lowest BCUT2D eigenvalue weighted by atomic mass is 9.94. The van der Waals surface area contributed by atoms with Gasteiger partial charge in [-0.2, -0.15) is 0 Å². The van der Waals surface area contributed by atoms with Crippen LogP contribution in [-0.2, 0) is 0 Å². The number of phenols is 1. The van der Waals surface area contributed by atoms with Gasteiger partial charge in [0.2, 0.25) is 0 Å². The van der Waals surface area contributed by atoms with Crippen LogP contribution in [-0.4, -0.2) is 17.0 Å². The number of benzene rings is 1. The summed E-state index contributed by atoms with van der Waals surface area (Å²) in [7, 11) is 0. The second-order valence-electron chi connectivity index (χ2n) is 4.33. The van der Waals surface area contributed by atoms with Crippen LogP contribution in [0.2, 0.25) is 0 Å². The first-order chi connectivity index (χ1) is 7.49. The highest BCUT2D eigenvalue weighted by atomic mass is 19.1. The number of carbonyl (C=O) groups is 1. The molecule has 0 aliphatic carbocycles. The zero-order chi connectivity index (χ0) is 11.9. The number of fused-ring (bicyclic) bond motifs is 1. The van der Waals surface area contributed by atoms with E-state index in [2.05, 4.69) is 0 Å². The third-order valence-electron chi connectivity index (χ3n) is 2.76.